The topological polar surface area (TPSA) is 112 Å². The first-order valence-electron chi connectivity index (χ1n) is 8.38. The summed E-state index contributed by atoms with van der Waals surface area (Å²) in [6, 6.07) is 13.8. The first kappa shape index (κ1) is 20.6. The van der Waals surface area contributed by atoms with Crippen molar-refractivity contribution >= 4 is 39.2 Å². The molecule has 0 aliphatic heterocycles. The average Bonchev–Trinajstić information content (AvgIpc) is 2.68. The van der Waals surface area contributed by atoms with Crippen LogP contribution in [0.1, 0.15) is 5.69 Å². The van der Waals surface area contributed by atoms with Crippen LogP contribution in [-0.4, -0.2) is 30.9 Å². The summed E-state index contributed by atoms with van der Waals surface area (Å²) in [7, 11) is -3.97. The fourth-order valence-corrected chi connectivity index (χ4v) is 3.24. The van der Waals surface area contributed by atoms with Gasteiger partial charge in [0.15, 0.2) is 6.61 Å². The van der Waals surface area contributed by atoms with Crippen LogP contribution in [0.4, 0.5) is 11.6 Å². The maximum Gasteiger partial charge on any atom is 0.262 e. The average molecular weight is 432 g/mol. The predicted octanol–water partition coefficient (Wildman–Crippen LogP) is 3.85. The number of aryl methyl sites for hydroxylation is 1. The second kappa shape index (κ2) is 8.89. The number of aromatic nitrogens is 2. The molecule has 0 spiro atoms. The Morgan fingerprint density at radius 1 is 1.10 bits per heavy atom. The van der Waals surface area contributed by atoms with Crippen LogP contribution in [0.25, 0.3) is 4.72 Å². The highest BCUT2D eigenvalue weighted by Crippen LogP contribution is 2.25. The lowest BCUT2D eigenvalue weighted by atomic mass is 10.3. The van der Waals surface area contributed by atoms with E-state index < -0.39 is 15.9 Å². The second-order valence-corrected chi connectivity index (χ2v) is 7.92. The fraction of sp³-hybridized carbons (Fsp3) is 0.105. The molecule has 0 radical (unpaired) electrons. The van der Waals surface area contributed by atoms with E-state index in [1.165, 1.54) is 30.5 Å². The van der Waals surface area contributed by atoms with Crippen molar-refractivity contribution in [1.29, 1.82) is 0 Å². The number of nitrogens with one attached hydrogen (secondary N) is 1. The van der Waals surface area contributed by atoms with Gasteiger partial charge >= 0.3 is 0 Å². The van der Waals surface area contributed by atoms with Gasteiger partial charge in [0, 0.05) is 16.7 Å². The number of hydrogen-bond acceptors (Lipinski definition) is 6. The number of amides is 1. The minimum Gasteiger partial charge on any atom is -0.484 e. The zero-order chi connectivity index (χ0) is 20.9. The summed E-state index contributed by atoms with van der Waals surface area (Å²) < 4.78 is 33.7. The Morgan fingerprint density at radius 2 is 1.79 bits per heavy atom. The highest BCUT2D eigenvalue weighted by atomic mass is 35.5. The lowest BCUT2D eigenvalue weighted by Gasteiger charge is -2.14. The van der Waals surface area contributed by atoms with Gasteiger partial charge < -0.3 is 20.0 Å². The summed E-state index contributed by atoms with van der Waals surface area (Å²) in [5, 5.41) is 3.19. The van der Waals surface area contributed by atoms with Gasteiger partial charge in [-0.2, -0.15) is 0 Å². The summed E-state index contributed by atoms with van der Waals surface area (Å²) >= 11 is 5.79. The Bertz CT molecular complexity index is 1100. The van der Waals surface area contributed by atoms with Crippen LogP contribution >= 0.6 is 11.6 Å². The molecule has 1 amide bonds. The Labute approximate surface area is 173 Å². The first-order chi connectivity index (χ1) is 13.8. The van der Waals surface area contributed by atoms with E-state index in [1.807, 2.05) is 0 Å². The first-order valence-corrected chi connectivity index (χ1v) is 10.2. The third-order valence-electron chi connectivity index (χ3n) is 3.60. The van der Waals surface area contributed by atoms with E-state index in [0.29, 0.717) is 22.2 Å². The molecule has 0 aliphatic carbocycles. The molecule has 8 nitrogen and oxygen atoms in total. The highest BCUT2D eigenvalue weighted by Gasteiger charge is 2.12. The van der Waals surface area contributed by atoms with Crippen molar-refractivity contribution in [3.63, 3.8) is 0 Å². The Kier molecular flexibility index (Phi) is 6.30. The summed E-state index contributed by atoms with van der Waals surface area (Å²) in [5.41, 5.74) is 1.02. The number of rotatable bonds is 7. The third kappa shape index (κ3) is 5.90. The van der Waals surface area contributed by atoms with Crippen molar-refractivity contribution < 1.29 is 17.9 Å². The molecule has 0 atom stereocenters. The molecule has 3 aromatic rings. The van der Waals surface area contributed by atoms with E-state index in [-0.39, 0.29) is 17.5 Å². The van der Waals surface area contributed by atoms with Crippen LogP contribution in [0.5, 0.6) is 5.75 Å². The van der Waals surface area contributed by atoms with E-state index in [0.717, 1.165) is 0 Å². The van der Waals surface area contributed by atoms with Crippen molar-refractivity contribution in [1.82, 2.24) is 9.97 Å². The molecule has 1 heterocycles. The second-order valence-electron chi connectivity index (χ2n) is 5.88. The van der Waals surface area contributed by atoms with Crippen molar-refractivity contribution in [3.05, 3.63) is 76.2 Å². The number of sulfonamides is 1. The predicted molar refractivity (Wildman–Crippen MR) is 109 cm³/mol. The summed E-state index contributed by atoms with van der Waals surface area (Å²) in [6.45, 7) is 1.50. The molecule has 1 N–H and O–H groups in total. The molecule has 1 aromatic heterocycles. The van der Waals surface area contributed by atoms with Crippen LogP contribution < -0.4 is 10.1 Å². The maximum absolute atomic E-state index is 12.4. The zero-order valence-corrected chi connectivity index (χ0v) is 16.8. The van der Waals surface area contributed by atoms with Gasteiger partial charge in [-0.05, 0) is 67.3 Å². The zero-order valence-electron chi connectivity index (χ0n) is 15.2. The molecular formula is C19H16ClN4O4S-. The summed E-state index contributed by atoms with van der Waals surface area (Å²) in [5.74, 6) is -0.0268. The summed E-state index contributed by atoms with van der Waals surface area (Å²) in [4.78, 5) is 19.7. The minimum absolute atomic E-state index is 0.0435. The van der Waals surface area contributed by atoms with Crippen LogP contribution in [0.3, 0.4) is 0 Å². The van der Waals surface area contributed by atoms with Gasteiger partial charge in [-0.3, -0.25) is 9.52 Å². The van der Waals surface area contributed by atoms with Gasteiger partial charge in [-0.15, -0.1) is 0 Å². The number of anilines is 1. The van der Waals surface area contributed by atoms with E-state index in [2.05, 4.69) is 20.0 Å². The van der Waals surface area contributed by atoms with Crippen molar-refractivity contribution in [2.45, 2.75) is 11.8 Å². The van der Waals surface area contributed by atoms with Crippen LogP contribution in [-0.2, 0) is 14.8 Å². The summed E-state index contributed by atoms with van der Waals surface area (Å²) in [6.07, 6.45) is 1.43. The van der Waals surface area contributed by atoms with Crippen LogP contribution in [0.2, 0.25) is 5.02 Å². The van der Waals surface area contributed by atoms with E-state index >= 15 is 0 Å². The molecule has 0 saturated heterocycles. The van der Waals surface area contributed by atoms with Gasteiger partial charge in [-0.25, -0.2) is 8.42 Å². The molecular weight excluding hydrogens is 416 g/mol. The quantitative estimate of drug-likeness (QED) is 0.608. The third-order valence-corrected chi connectivity index (χ3v) is 5.13. The lowest BCUT2D eigenvalue weighted by Crippen LogP contribution is -2.20. The number of carbonyl (C=O) groups is 1. The van der Waals surface area contributed by atoms with Crippen LogP contribution in [0, 0.1) is 6.92 Å². The lowest BCUT2D eigenvalue weighted by molar-refractivity contribution is -0.118. The largest absolute Gasteiger partial charge is 0.484 e. The van der Waals surface area contributed by atoms with E-state index in [9.17, 15) is 13.2 Å². The Morgan fingerprint density at radius 3 is 2.45 bits per heavy atom. The van der Waals surface area contributed by atoms with Gasteiger partial charge in [0.1, 0.15) is 5.75 Å². The molecule has 29 heavy (non-hydrogen) atoms. The maximum atomic E-state index is 12.4. The van der Waals surface area contributed by atoms with Gasteiger partial charge in [-0.1, -0.05) is 17.7 Å². The highest BCUT2D eigenvalue weighted by molar-refractivity contribution is 7.94. The molecule has 150 valence electrons. The van der Waals surface area contributed by atoms with Gasteiger partial charge in [0.05, 0.1) is 4.90 Å². The van der Waals surface area contributed by atoms with Crippen molar-refractivity contribution in [3.8, 4) is 5.75 Å². The Balaban J connectivity index is 1.58. The van der Waals surface area contributed by atoms with E-state index in [4.69, 9.17) is 16.3 Å². The number of hydrogen-bond donors (Lipinski definition) is 1. The normalized spacial score (nSPS) is 11.0. The monoisotopic (exact) mass is 431 g/mol. The van der Waals surface area contributed by atoms with Crippen molar-refractivity contribution in [2.24, 2.45) is 0 Å². The molecule has 0 fully saturated rings. The number of ether oxygens (including phenoxy) is 1. The van der Waals surface area contributed by atoms with Gasteiger partial charge in [0.25, 0.3) is 5.91 Å². The SMILES string of the molecule is Cc1ccnc([N-]S(=O)(=O)c2ccc(NC(=O)COc3ccc(Cl)cc3)cc2)n1. The number of carbonyl (C=O) groups excluding carboxylic acids is 1. The molecule has 2 aromatic carbocycles. The van der Waals surface area contributed by atoms with Gasteiger partial charge in [0.2, 0.25) is 10.0 Å². The number of halogens is 1. The number of benzene rings is 2. The standard InChI is InChI=1S/C19H17ClN4O4S/c1-13-10-11-21-19(22-13)24-29(26,27)17-8-4-15(5-9-17)23-18(25)12-28-16-6-2-14(20)3-7-16/h2-11H,12H2,1H3,(H2,21,22,23,24,25)/p-1. The molecule has 0 unspecified atom stereocenters. The smallest absolute Gasteiger partial charge is 0.262 e. The number of nitrogens with zero attached hydrogens (tertiary/aromatic N) is 3. The molecule has 0 aliphatic rings. The Hall–Kier alpha value is -3.17. The molecule has 10 heteroatoms. The molecule has 0 saturated carbocycles. The minimum atomic E-state index is -3.97. The fourth-order valence-electron chi connectivity index (χ4n) is 2.23. The molecule has 0 bridgehead atoms. The van der Waals surface area contributed by atoms with Crippen molar-refractivity contribution in [2.75, 3.05) is 11.9 Å². The van der Waals surface area contributed by atoms with Crippen LogP contribution in [0.15, 0.2) is 65.7 Å². The van der Waals surface area contributed by atoms with E-state index in [1.54, 1.807) is 37.3 Å². The molecule has 3 rings (SSSR count).